The number of imidazole rings is 1. The summed E-state index contributed by atoms with van der Waals surface area (Å²) in [6.45, 7) is 5.93. The van der Waals surface area contributed by atoms with Gasteiger partial charge in [0.05, 0.1) is 17.1 Å². The standard InChI is InChI=1S/C17H24N4.C15H13N3O2/c1-12-2-5-16(15(6-9-18)17(12)19)21-10-7-14(8-11-21)20-13-3-4-13;1-11-8-18-9-12(16-10-19)7-14(15(18)17-11)20-13-5-3-2-4-6-13/h2,5-6,9,13-14,18-20H,3-4,7-8,10-11H2,1H3;2-10H,1H3,(H,16,19)/b15-6-,18-9?,19-17?;. The molecule has 0 radical (unpaired) electrons. The number of carbonyl (C=O) groups excluding carboxylic acids is 1. The second-order valence-corrected chi connectivity index (χ2v) is 10.6. The van der Waals surface area contributed by atoms with Gasteiger partial charge in [0.1, 0.15) is 5.75 Å². The van der Waals surface area contributed by atoms with E-state index in [9.17, 15) is 4.79 Å². The zero-order valence-electron chi connectivity index (χ0n) is 23.6. The molecule has 2 aliphatic carbocycles. The summed E-state index contributed by atoms with van der Waals surface area (Å²) in [5.41, 5.74) is 5.76. The number of fused-ring (bicyclic) bond motifs is 1. The Morgan fingerprint density at radius 2 is 1.76 bits per heavy atom. The van der Waals surface area contributed by atoms with Crippen LogP contribution >= 0.6 is 0 Å². The number of nitrogens with zero attached hydrogens (tertiary/aromatic N) is 3. The summed E-state index contributed by atoms with van der Waals surface area (Å²) in [5, 5.41) is 21.9. The van der Waals surface area contributed by atoms with Crippen LogP contribution in [0.4, 0.5) is 5.69 Å². The number of anilines is 1. The summed E-state index contributed by atoms with van der Waals surface area (Å²) in [6.07, 6.45) is 16.5. The van der Waals surface area contributed by atoms with Crippen LogP contribution in [0.5, 0.6) is 11.5 Å². The van der Waals surface area contributed by atoms with Gasteiger partial charge in [-0.05, 0) is 69.4 Å². The van der Waals surface area contributed by atoms with Crippen molar-refractivity contribution in [2.75, 3.05) is 18.4 Å². The largest absolute Gasteiger partial charge is 0.453 e. The Labute approximate surface area is 240 Å². The Kier molecular flexibility index (Phi) is 8.74. The van der Waals surface area contributed by atoms with Gasteiger partial charge in [0.15, 0.2) is 11.4 Å². The van der Waals surface area contributed by atoms with Crippen molar-refractivity contribution in [3.63, 3.8) is 0 Å². The Morgan fingerprint density at radius 1 is 1.02 bits per heavy atom. The smallest absolute Gasteiger partial charge is 0.211 e. The van der Waals surface area contributed by atoms with Crippen molar-refractivity contribution in [3.05, 3.63) is 89.6 Å². The Bertz CT molecular complexity index is 1510. The number of carbonyl (C=O) groups is 1. The van der Waals surface area contributed by atoms with Crippen molar-refractivity contribution in [1.82, 2.24) is 19.6 Å². The van der Waals surface area contributed by atoms with E-state index in [0.29, 0.717) is 35.2 Å². The first-order valence-corrected chi connectivity index (χ1v) is 14.1. The Balaban J connectivity index is 0.000000165. The summed E-state index contributed by atoms with van der Waals surface area (Å²) in [4.78, 5) is 17.4. The van der Waals surface area contributed by atoms with Crippen molar-refractivity contribution in [1.29, 1.82) is 10.8 Å². The van der Waals surface area contributed by atoms with Gasteiger partial charge in [0, 0.05) is 61.1 Å². The third kappa shape index (κ3) is 6.99. The predicted octanol–water partition coefficient (Wildman–Crippen LogP) is 5.65. The lowest BCUT2D eigenvalue weighted by Crippen LogP contribution is -2.43. The first-order chi connectivity index (χ1) is 19.9. The number of aryl methyl sites for hydroxylation is 1. The molecule has 2 aromatic heterocycles. The first-order valence-electron chi connectivity index (χ1n) is 14.1. The fourth-order valence-corrected chi connectivity index (χ4v) is 5.14. The second-order valence-electron chi connectivity index (χ2n) is 10.6. The van der Waals surface area contributed by atoms with Crippen LogP contribution < -0.4 is 15.4 Å². The lowest BCUT2D eigenvalue weighted by Gasteiger charge is -2.37. The predicted molar refractivity (Wildman–Crippen MR) is 163 cm³/mol. The van der Waals surface area contributed by atoms with Crippen molar-refractivity contribution in [2.24, 2.45) is 0 Å². The van der Waals surface area contributed by atoms with E-state index in [1.165, 1.54) is 31.9 Å². The maximum atomic E-state index is 10.6. The maximum Gasteiger partial charge on any atom is 0.211 e. The molecule has 9 nitrogen and oxygen atoms in total. The average molecular weight is 552 g/mol. The van der Waals surface area contributed by atoms with Crippen molar-refractivity contribution in [3.8, 4) is 11.5 Å². The van der Waals surface area contributed by atoms with E-state index in [2.05, 4.69) is 26.6 Å². The number of ether oxygens (including phenoxy) is 1. The molecule has 212 valence electrons. The van der Waals surface area contributed by atoms with Crippen LogP contribution in [0.25, 0.3) is 5.65 Å². The molecule has 2 fully saturated rings. The van der Waals surface area contributed by atoms with E-state index in [0.717, 1.165) is 47.4 Å². The maximum absolute atomic E-state index is 10.6. The third-order valence-corrected chi connectivity index (χ3v) is 7.40. The molecule has 6 rings (SSSR count). The fourth-order valence-electron chi connectivity index (χ4n) is 5.14. The van der Waals surface area contributed by atoms with E-state index in [1.807, 2.05) is 60.9 Å². The number of hydrogen-bond donors (Lipinski definition) is 4. The van der Waals surface area contributed by atoms with Crippen LogP contribution in [0.15, 0.2) is 83.9 Å². The normalized spacial score (nSPS) is 18.3. The number of allylic oxidation sites excluding steroid dienone is 5. The monoisotopic (exact) mass is 551 g/mol. The summed E-state index contributed by atoms with van der Waals surface area (Å²) >= 11 is 0. The zero-order chi connectivity index (χ0) is 28.8. The highest BCUT2D eigenvalue weighted by Gasteiger charge is 2.29. The minimum Gasteiger partial charge on any atom is -0.453 e. The van der Waals surface area contributed by atoms with Gasteiger partial charge in [-0.1, -0.05) is 24.3 Å². The summed E-state index contributed by atoms with van der Waals surface area (Å²) in [6, 6.07) is 12.6. The Hall–Kier alpha value is -4.50. The molecule has 3 aromatic rings. The molecule has 3 heterocycles. The van der Waals surface area contributed by atoms with E-state index >= 15 is 0 Å². The molecule has 41 heavy (non-hydrogen) atoms. The second kappa shape index (κ2) is 12.8. The number of nitrogens with one attached hydrogen (secondary N) is 4. The highest BCUT2D eigenvalue weighted by Crippen LogP contribution is 2.30. The van der Waals surface area contributed by atoms with Gasteiger partial charge < -0.3 is 30.1 Å². The molecule has 3 aliphatic rings. The molecular formula is C32H37N7O2. The van der Waals surface area contributed by atoms with Crippen molar-refractivity contribution in [2.45, 2.75) is 51.6 Å². The van der Waals surface area contributed by atoms with Crippen molar-refractivity contribution >= 4 is 29.7 Å². The number of rotatable bonds is 8. The topological polar surface area (TPSA) is 119 Å². The minimum atomic E-state index is 0.550. The molecule has 4 N–H and O–H groups in total. The molecular weight excluding hydrogens is 514 g/mol. The first kappa shape index (κ1) is 28.0. The molecule has 1 aromatic carbocycles. The molecule has 1 saturated carbocycles. The van der Waals surface area contributed by atoms with Crippen LogP contribution in [0, 0.1) is 17.7 Å². The van der Waals surface area contributed by atoms with E-state index < -0.39 is 0 Å². The molecule has 0 atom stereocenters. The molecule has 1 aliphatic heterocycles. The van der Waals surface area contributed by atoms with Crippen molar-refractivity contribution < 1.29 is 9.53 Å². The lowest BCUT2D eigenvalue weighted by molar-refractivity contribution is -0.105. The van der Waals surface area contributed by atoms with E-state index in [4.69, 9.17) is 15.6 Å². The fraction of sp³-hybridized carbons (Fsp3) is 0.312. The SMILES string of the molecule is CC1=CC=C(N2CCC(NC3CC3)CC2)/C(=C/C=N)C1=N.Cc1cn2cc(NC=O)cc(Oc3ccccc3)c2n1. The number of para-hydroxylation sites is 1. The number of hydrogen-bond acceptors (Lipinski definition) is 7. The number of pyridine rings is 1. The summed E-state index contributed by atoms with van der Waals surface area (Å²) < 4.78 is 7.69. The zero-order valence-corrected chi connectivity index (χ0v) is 23.6. The van der Waals surface area contributed by atoms with Crippen LogP contribution in [-0.4, -0.2) is 57.8 Å². The number of amides is 1. The van der Waals surface area contributed by atoms with E-state index in [-0.39, 0.29) is 0 Å². The number of aromatic nitrogens is 2. The number of likely N-dealkylation sites (tertiary alicyclic amines) is 1. The van der Waals surface area contributed by atoms with Crippen LogP contribution in [0.2, 0.25) is 0 Å². The Morgan fingerprint density at radius 3 is 2.44 bits per heavy atom. The van der Waals surface area contributed by atoms with E-state index in [1.54, 1.807) is 18.3 Å². The quantitative estimate of drug-likeness (QED) is 0.213. The molecule has 1 amide bonds. The minimum absolute atomic E-state index is 0.550. The lowest BCUT2D eigenvalue weighted by atomic mass is 9.93. The third-order valence-electron chi connectivity index (χ3n) is 7.40. The highest BCUT2D eigenvalue weighted by molar-refractivity contribution is 6.15. The summed E-state index contributed by atoms with van der Waals surface area (Å²) in [5.74, 6) is 1.31. The molecule has 0 bridgehead atoms. The van der Waals surface area contributed by atoms with Gasteiger partial charge >= 0.3 is 0 Å². The number of benzene rings is 1. The molecule has 1 saturated heterocycles. The highest BCUT2D eigenvalue weighted by atomic mass is 16.5. The molecule has 0 spiro atoms. The molecule has 9 heteroatoms. The summed E-state index contributed by atoms with van der Waals surface area (Å²) in [7, 11) is 0. The van der Waals surface area contributed by atoms with Gasteiger partial charge in [0.25, 0.3) is 0 Å². The van der Waals surface area contributed by atoms with Crippen LogP contribution in [0.3, 0.4) is 0 Å². The average Bonchev–Trinajstić information content (AvgIpc) is 3.71. The number of piperidine rings is 1. The van der Waals surface area contributed by atoms with Gasteiger partial charge in [0.2, 0.25) is 6.41 Å². The van der Waals surface area contributed by atoms with Gasteiger partial charge in [-0.2, -0.15) is 0 Å². The van der Waals surface area contributed by atoms with Gasteiger partial charge in [-0.25, -0.2) is 4.98 Å². The van der Waals surface area contributed by atoms with Crippen LogP contribution in [-0.2, 0) is 4.79 Å². The van der Waals surface area contributed by atoms with Gasteiger partial charge in [-0.15, -0.1) is 0 Å². The molecule has 0 unspecified atom stereocenters. The van der Waals surface area contributed by atoms with Gasteiger partial charge in [-0.3, -0.25) is 10.2 Å². The van der Waals surface area contributed by atoms with Crippen LogP contribution in [0.1, 0.15) is 38.3 Å².